The second-order valence-corrected chi connectivity index (χ2v) is 6.33. The zero-order chi connectivity index (χ0) is 8.91. The largest absolute Gasteiger partial charge is 0.230 e. The van der Waals surface area contributed by atoms with Crippen molar-refractivity contribution >= 4 is 21.8 Å². The SMILES string of the molecule is CN(CC#N)SSC(C)(C)C. The van der Waals surface area contributed by atoms with Crippen molar-refractivity contribution in [3.63, 3.8) is 0 Å². The molecule has 0 aromatic heterocycles. The first-order valence-electron chi connectivity index (χ1n) is 3.39. The minimum atomic E-state index is 0.258. The van der Waals surface area contributed by atoms with Gasteiger partial charge in [-0.2, -0.15) is 5.26 Å². The van der Waals surface area contributed by atoms with Gasteiger partial charge in [0.05, 0.1) is 12.6 Å². The smallest absolute Gasteiger partial charge is 0.0966 e. The maximum absolute atomic E-state index is 8.35. The van der Waals surface area contributed by atoms with Crippen LogP contribution in [0.1, 0.15) is 20.8 Å². The van der Waals surface area contributed by atoms with Crippen molar-refractivity contribution in [2.75, 3.05) is 13.6 Å². The monoisotopic (exact) mass is 190 g/mol. The van der Waals surface area contributed by atoms with Gasteiger partial charge in [0.2, 0.25) is 0 Å². The van der Waals surface area contributed by atoms with E-state index in [1.54, 1.807) is 21.8 Å². The highest BCUT2D eigenvalue weighted by Crippen LogP contribution is 2.36. The average Bonchev–Trinajstić information content (AvgIpc) is 1.83. The fourth-order valence-electron chi connectivity index (χ4n) is 0.301. The Morgan fingerprint density at radius 3 is 2.36 bits per heavy atom. The molecule has 0 bridgehead atoms. The molecule has 0 aromatic carbocycles. The fraction of sp³-hybridized carbons (Fsp3) is 0.857. The van der Waals surface area contributed by atoms with E-state index in [9.17, 15) is 0 Å². The summed E-state index contributed by atoms with van der Waals surface area (Å²) in [7, 11) is 5.33. The summed E-state index contributed by atoms with van der Waals surface area (Å²) < 4.78 is 2.18. The minimum absolute atomic E-state index is 0.258. The van der Waals surface area contributed by atoms with Crippen LogP contribution in [0.5, 0.6) is 0 Å². The van der Waals surface area contributed by atoms with Gasteiger partial charge in [0, 0.05) is 4.75 Å². The topological polar surface area (TPSA) is 27.0 Å². The van der Waals surface area contributed by atoms with E-state index in [1.165, 1.54) is 0 Å². The van der Waals surface area contributed by atoms with Crippen LogP contribution in [0.3, 0.4) is 0 Å². The van der Waals surface area contributed by atoms with Gasteiger partial charge in [-0.1, -0.05) is 31.6 Å². The minimum Gasteiger partial charge on any atom is -0.230 e. The second kappa shape index (κ2) is 4.91. The first-order valence-corrected chi connectivity index (χ1v) is 5.50. The Morgan fingerprint density at radius 2 is 2.00 bits per heavy atom. The highest BCUT2D eigenvalue weighted by Gasteiger charge is 2.12. The van der Waals surface area contributed by atoms with E-state index in [4.69, 9.17) is 5.26 Å². The first kappa shape index (κ1) is 11.2. The van der Waals surface area contributed by atoms with Crippen molar-refractivity contribution in [3.05, 3.63) is 0 Å². The van der Waals surface area contributed by atoms with E-state index in [0.717, 1.165) is 0 Å². The van der Waals surface area contributed by atoms with Gasteiger partial charge in [-0.05, 0) is 18.0 Å². The molecule has 0 radical (unpaired) electrons. The molecule has 0 aliphatic heterocycles. The summed E-state index contributed by atoms with van der Waals surface area (Å²) in [5.41, 5.74) is 0. The molecule has 4 heteroatoms. The van der Waals surface area contributed by atoms with Gasteiger partial charge >= 0.3 is 0 Å². The number of nitrogens with zero attached hydrogens (tertiary/aromatic N) is 2. The average molecular weight is 190 g/mol. The van der Waals surface area contributed by atoms with Gasteiger partial charge in [0.1, 0.15) is 0 Å². The van der Waals surface area contributed by atoms with Gasteiger partial charge < -0.3 is 0 Å². The number of nitriles is 1. The lowest BCUT2D eigenvalue weighted by atomic mass is 10.3. The molecule has 0 fully saturated rings. The Bertz CT molecular complexity index is 146. The molecule has 0 unspecified atom stereocenters. The van der Waals surface area contributed by atoms with Crippen molar-refractivity contribution < 1.29 is 0 Å². The molecule has 64 valence electrons. The predicted octanol–water partition coefficient (Wildman–Crippen LogP) is 2.54. The standard InChI is InChI=1S/C7H14N2S2/c1-7(2,3)10-11-9(4)6-5-8/h6H2,1-4H3. The lowest BCUT2D eigenvalue weighted by Crippen LogP contribution is -2.11. The number of rotatable bonds is 3. The van der Waals surface area contributed by atoms with E-state index in [2.05, 4.69) is 26.8 Å². The summed E-state index contributed by atoms with van der Waals surface area (Å²) in [6, 6.07) is 2.10. The van der Waals surface area contributed by atoms with Crippen LogP contribution >= 0.6 is 21.8 Å². The normalized spacial score (nSPS) is 11.6. The van der Waals surface area contributed by atoms with Gasteiger partial charge in [0.25, 0.3) is 0 Å². The summed E-state index contributed by atoms with van der Waals surface area (Å²) in [6.07, 6.45) is 0. The highest BCUT2D eigenvalue weighted by molar-refractivity contribution is 8.76. The Balaban J connectivity index is 3.48. The van der Waals surface area contributed by atoms with E-state index in [1.807, 2.05) is 11.4 Å². The summed E-state index contributed by atoms with van der Waals surface area (Å²) in [4.78, 5) is 0. The van der Waals surface area contributed by atoms with E-state index in [0.29, 0.717) is 6.54 Å². The number of hydrogen-bond acceptors (Lipinski definition) is 4. The van der Waals surface area contributed by atoms with Crippen LogP contribution in [-0.4, -0.2) is 22.6 Å². The molecule has 0 aliphatic rings. The maximum atomic E-state index is 8.35. The van der Waals surface area contributed by atoms with Crippen LogP contribution in [0.4, 0.5) is 0 Å². The summed E-state index contributed by atoms with van der Waals surface area (Å²) in [6.45, 7) is 6.95. The molecule has 0 aromatic rings. The van der Waals surface area contributed by atoms with Gasteiger partial charge in [-0.15, -0.1) is 0 Å². The van der Waals surface area contributed by atoms with E-state index >= 15 is 0 Å². The Kier molecular flexibility index (Phi) is 4.98. The van der Waals surface area contributed by atoms with Crippen molar-refractivity contribution in [1.29, 1.82) is 5.26 Å². The van der Waals surface area contributed by atoms with Crippen molar-refractivity contribution in [2.45, 2.75) is 25.5 Å². The van der Waals surface area contributed by atoms with Gasteiger partial charge in [0.15, 0.2) is 0 Å². The van der Waals surface area contributed by atoms with E-state index < -0.39 is 0 Å². The van der Waals surface area contributed by atoms with Crippen LogP contribution < -0.4 is 0 Å². The molecule has 0 saturated heterocycles. The molecule has 2 nitrogen and oxygen atoms in total. The third-order valence-corrected chi connectivity index (χ3v) is 4.15. The third kappa shape index (κ3) is 8.05. The van der Waals surface area contributed by atoms with Crippen molar-refractivity contribution in [3.8, 4) is 6.07 Å². The number of hydrogen-bond donors (Lipinski definition) is 0. The molecular weight excluding hydrogens is 176 g/mol. The molecule has 0 spiro atoms. The summed E-state index contributed by atoms with van der Waals surface area (Å²) >= 11 is 0. The van der Waals surface area contributed by atoms with Crippen molar-refractivity contribution in [2.24, 2.45) is 0 Å². The molecule has 0 atom stereocenters. The Morgan fingerprint density at radius 1 is 1.45 bits per heavy atom. The Hall–Kier alpha value is 0.150. The van der Waals surface area contributed by atoms with Gasteiger partial charge in [-0.3, -0.25) is 0 Å². The molecular formula is C7H14N2S2. The van der Waals surface area contributed by atoms with Crippen LogP contribution in [0.25, 0.3) is 0 Å². The van der Waals surface area contributed by atoms with Crippen LogP contribution in [-0.2, 0) is 0 Å². The summed E-state index contributed by atoms with van der Waals surface area (Å²) in [5, 5.41) is 8.35. The van der Waals surface area contributed by atoms with E-state index in [-0.39, 0.29) is 4.75 Å². The molecule has 0 N–H and O–H groups in total. The summed E-state index contributed by atoms with van der Waals surface area (Å²) in [5.74, 6) is 0. The van der Waals surface area contributed by atoms with Crippen LogP contribution in [0, 0.1) is 11.3 Å². The molecule has 11 heavy (non-hydrogen) atoms. The first-order chi connectivity index (χ1) is 4.95. The second-order valence-electron chi connectivity index (χ2n) is 3.21. The lowest BCUT2D eigenvalue weighted by molar-refractivity contribution is 0.649. The fourth-order valence-corrected chi connectivity index (χ4v) is 1.97. The molecule has 0 heterocycles. The lowest BCUT2D eigenvalue weighted by Gasteiger charge is -2.19. The molecule has 0 aliphatic carbocycles. The maximum Gasteiger partial charge on any atom is 0.0966 e. The zero-order valence-corrected chi connectivity index (χ0v) is 9.05. The molecule has 0 rings (SSSR count). The van der Waals surface area contributed by atoms with Gasteiger partial charge in [-0.25, -0.2) is 4.31 Å². The van der Waals surface area contributed by atoms with Crippen LogP contribution in [0.15, 0.2) is 0 Å². The highest BCUT2D eigenvalue weighted by atomic mass is 33.1. The predicted molar refractivity (Wildman–Crippen MR) is 53.2 cm³/mol. The van der Waals surface area contributed by atoms with Crippen molar-refractivity contribution in [1.82, 2.24) is 4.31 Å². The molecule has 0 amide bonds. The third-order valence-electron chi connectivity index (χ3n) is 0.708. The molecule has 0 saturated carbocycles. The quantitative estimate of drug-likeness (QED) is 0.388. The zero-order valence-electron chi connectivity index (χ0n) is 7.42. The Labute approximate surface area is 76.9 Å². The van der Waals surface area contributed by atoms with Crippen LogP contribution in [0.2, 0.25) is 0 Å².